The Morgan fingerprint density at radius 1 is 1.24 bits per heavy atom. The molecule has 0 aliphatic carbocycles. The summed E-state index contributed by atoms with van der Waals surface area (Å²) in [6, 6.07) is 9.32. The van der Waals surface area contributed by atoms with E-state index >= 15 is 0 Å². The third-order valence-electron chi connectivity index (χ3n) is 4.24. The van der Waals surface area contributed by atoms with Crippen molar-refractivity contribution in [3.8, 4) is 5.75 Å². The number of rotatable bonds is 6. The smallest absolute Gasteiger partial charge is 0.213 e. The minimum atomic E-state index is -0.263. The molecule has 0 bridgehead atoms. The van der Waals surface area contributed by atoms with E-state index in [1.807, 2.05) is 25.1 Å². The number of phenols is 1. The molecule has 1 heterocycles. The lowest BCUT2D eigenvalue weighted by atomic mass is 9.73. The van der Waals surface area contributed by atoms with Crippen molar-refractivity contribution in [1.29, 1.82) is 0 Å². The molecule has 1 amide bonds. The zero-order valence-corrected chi connectivity index (χ0v) is 12.6. The number of furan rings is 1. The molecule has 0 radical (unpaired) electrons. The number of phenolic OH excluding ortho intramolecular Hbond substituents is 1. The Morgan fingerprint density at radius 3 is 2.52 bits per heavy atom. The maximum absolute atomic E-state index is 10.5. The zero-order chi connectivity index (χ0) is 15.5. The number of aromatic hydroxyl groups is 1. The van der Waals surface area contributed by atoms with Gasteiger partial charge in [0, 0.05) is 6.07 Å². The second-order valence-electron chi connectivity index (χ2n) is 5.22. The van der Waals surface area contributed by atoms with Crippen molar-refractivity contribution in [1.82, 2.24) is 0 Å². The van der Waals surface area contributed by atoms with E-state index in [4.69, 9.17) is 4.42 Å². The van der Waals surface area contributed by atoms with Crippen LogP contribution >= 0.6 is 0 Å². The standard InChI is InChI=1S/C17H21NO3/c1-4-17(5-2,13-6-7-14(20)12(3)10-13)15-8-9-16(21-15)18-11-19/h6-11,20H,4-5H2,1-3H3,(H,18,19). The molecule has 1 aromatic heterocycles. The maximum Gasteiger partial charge on any atom is 0.213 e. The first-order valence-corrected chi connectivity index (χ1v) is 7.18. The van der Waals surface area contributed by atoms with E-state index < -0.39 is 0 Å². The molecule has 0 atom stereocenters. The number of nitrogens with one attached hydrogen (secondary N) is 1. The van der Waals surface area contributed by atoms with Crippen LogP contribution in [0.25, 0.3) is 0 Å². The molecule has 0 fully saturated rings. The van der Waals surface area contributed by atoms with Gasteiger partial charge in [-0.25, -0.2) is 0 Å². The Morgan fingerprint density at radius 2 is 1.95 bits per heavy atom. The minimum Gasteiger partial charge on any atom is -0.508 e. The normalized spacial score (nSPS) is 11.4. The lowest BCUT2D eigenvalue weighted by molar-refractivity contribution is -0.105. The molecule has 112 valence electrons. The van der Waals surface area contributed by atoms with Crippen molar-refractivity contribution in [2.75, 3.05) is 5.32 Å². The summed E-state index contributed by atoms with van der Waals surface area (Å²) in [4.78, 5) is 10.5. The zero-order valence-electron chi connectivity index (χ0n) is 12.6. The molecule has 0 aliphatic heterocycles. The first-order chi connectivity index (χ1) is 10.1. The van der Waals surface area contributed by atoms with Crippen LogP contribution in [0.3, 0.4) is 0 Å². The fourth-order valence-corrected chi connectivity index (χ4v) is 2.83. The molecule has 1 aromatic carbocycles. The van der Waals surface area contributed by atoms with Crippen LogP contribution in [0.15, 0.2) is 34.7 Å². The molecular formula is C17H21NO3. The summed E-state index contributed by atoms with van der Waals surface area (Å²) in [6.45, 7) is 6.11. The van der Waals surface area contributed by atoms with Crippen molar-refractivity contribution in [2.45, 2.75) is 39.0 Å². The third-order valence-corrected chi connectivity index (χ3v) is 4.24. The van der Waals surface area contributed by atoms with Crippen molar-refractivity contribution in [3.63, 3.8) is 0 Å². The number of amides is 1. The average molecular weight is 287 g/mol. The highest BCUT2D eigenvalue weighted by atomic mass is 16.4. The third kappa shape index (κ3) is 2.66. The maximum atomic E-state index is 10.5. The van der Waals surface area contributed by atoms with Crippen LogP contribution in [0.5, 0.6) is 5.75 Å². The summed E-state index contributed by atoms with van der Waals surface area (Å²) in [5.74, 6) is 1.56. The average Bonchev–Trinajstić information content (AvgIpc) is 2.94. The minimum absolute atomic E-state index is 0.263. The monoisotopic (exact) mass is 287 g/mol. The van der Waals surface area contributed by atoms with Crippen LogP contribution < -0.4 is 5.32 Å². The highest BCUT2D eigenvalue weighted by molar-refractivity contribution is 5.67. The second kappa shape index (κ2) is 6.04. The van der Waals surface area contributed by atoms with Gasteiger partial charge in [-0.05, 0) is 43.0 Å². The van der Waals surface area contributed by atoms with Crippen LogP contribution in [-0.2, 0) is 10.2 Å². The number of carbonyl (C=O) groups excluding carboxylic acids is 1. The summed E-state index contributed by atoms with van der Waals surface area (Å²) in [6.07, 6.45) is 2.33. The van der Waals surface area contributed by atoms with Crippen LogP contribution in [0.4, 0.5) is 5.88 Å². The van der Waals surface area contributed by atoms with Gasteiger partial charge in [0.2, 0.25) is 6.41 Å². The predicted octanol–water partition coefficient (Wildman–Crippen LogP) is 3.97. The van der Waals surface area contributed by atoms with Crippen molar-refractivity contribution >= 4 is 12.3 Å². The SMILES string of the molecule is CCC(CC)(c1ccc(O)c(C)c1)c1ccc(NC=O)o1. The van der Waals surface area contributed by atoms with Gasteiger partial charge < -0.3 is 9.52 Å². The van der Waals surface area contributed by atoms with Crippen LogP contribution in [0.2, 0.25) is 0 Å². The van der Waals surface area contributed by atoms with Crippen LogP contribution in [0, 0.1) is 6.92 Å². The highest BCUT2D eigenvalue weighted by Gasteiger charge is 2.34. The molecular weight excluding hydrogens is 266 g/mol. The van der Waals surface area contributed by atoms with Gasteiger partial charge in [-0.3, -0.25) is 10.1 Å². The number of anilines is 1. The largest absolute Gasteiger partial charge is 0.508 e. The van der Waals surface area contributed by atoms with Crippen LogP contribution in [0.1, 0.15) is 43.6 Å². The van der Waals surface area contributed by atoms with E-state index in [2.05, 4.69) is 19.2 Å². The van der Waals surface area contributed by atoms with Crippen LogP contribution in [-0.4, -0.2) is 11.5 Å². The first-order valence-electron chi connectivity index (χ1n) is 7.18. The van der Waals surface area contributed by atoms with Gasteiger partial charge in [0.05, 0.1) is 5.41 Å². The fourth-order valence-electron chi connectivity index (χ4n) is 2.83. The molecule has 2 rings (SSSR count). The fraction of sp³-hybridized carbons (Fsp3) is 0.353. The van der Waals surface area contributed by atoms with Crippen molar-refractivity contribution in [3.05, 3.63) is 47.2 Å². The van der Waals surface area contributed by atoms with Gasteiger partial charge in [-0.2, -0.15) is 0 Å². The van der Waals surface area contributed by atoms with Gasteiger partial charge in [0.15, 0.2) is 5.88 Å². The Kier molecular flexibility index (Phi) is 4.36. The summed E-state index contributed by atoms with van der Waals surface area (Å²) < 4.78 is 5.79. The van der Waals surface area contributed by atoms with Gasteiger partial charge >= 0.3 is 0 Å². The summed E-state index contributed by atoms with van der Waals surface area (Å²) in [5, 5.41) is 12.3. The predicted molar refractivity (Wildman–Crippen MR) is 82.6 cm³/mol. The second-order valence-corrected chi connectivity index (χ2v) is 5.22. The highest BCUT2D eigenvalue weighted by Crippen LogP contribution is 2.41. The van der Waals surface area contributed by atoms with Crippen molar-refractivity contribution in [2.24, 2.45) is 0 Å². The van der Waals surface area contributed by atoms with Gasteiger partial charge in [-0.1, -0.05) is 26.0 Å². The van der Waals surface area contributed by atoms with E-state index in [0.29, 0.717) is 18.0 Å². The number of aryl methyl sites for hydroxylation is 1. The molecule has 4 heteroatoms. The lowest BCUT2D eigenvalue weighted by Crippen LogP contribution is -2.25. The number of carbonyl (C=O) groups is 1. The molecule has 0 saturated carbocycles. The Bertz CT molecular complexity index is 627. The van der Waals surface area contributed by atoms with Gasteiger partial charge in [0.25, 0.3) is 0 Å². The summed E-state index contributed by atoms with van der Waals surface area (Å²) in [5.41, 5.74) is 1.69. The van der Waals surface area contributed by atoms with E-state index in [9.17, 15) is 9.90 Å². The Balaban J connectivity index is 2.52. The molecule has 0 saturated heterocycles. The van der Waals surface area contributed by atoms with Gasteiger partial charge in [-0.15, -0.1) is 0 Å². The first kappa shape index (κ1) is 15.2. The molecule has 2 N–H and O–H groups in total. The summed E-state index contributed by atoms with van der Waals surface area (Å²) in [7, 11) is 0. The summed E-state index contributed by atoms with van der Waals surface area (Å²) >= 11 is 0. The van der Waals surface area contributed by atoms with E-state index in [1.54, 1.807) is 12.1 Å². The van der Waals surface area contributed by atoms with Crippen molar-refractivity contribution < 1.29 is 14.3 Å². The molecule has 0 unspecified atom stereocenters. The van der Waals surface area contributed by atoms with E-state index in [0.717, 1.165) is 29.7 Å². The van der Waals surface area contributed by atoms with Gasteiger partial charge in [0.1, 0.15) is 11.5 Å². The number of hydrogen-bond donors (Lipinski definition) is 2. The Labute approximate surface area is 124 Å². The number of benzene rings is 1. The molecule has 0 spiro atoms. The molecule has 4 nitrogen and oxygen atoms in total. The molecule has 0 aliphatic rings. The number of hydrogen-bond acceptors (Lipinski definition) is 3. The topological polar surface area (TPSA) is 62.5 Å². The molecule has 21 heavy (non-hydrogen) atoms. The Hall–Kier alpha value is -2.23. The molecule has 2 aromatic rings. The van der Waals surface area contributed by atoms with E-state index in [1.165, 1.54) is 0 Å². The lowest BCUT2D eigenvalue weighted by Gasteiger charge is -2.30. The van der Waals surface area contributed by atoms with E-state index in [-0.39, 0.29) is 5.41 Å². The quantitative estimate of drug-likeness (QED) is 0.790.